The van der Waals surface area contributed by atoms with Crippen molar-refractivity contribution in [2.45, 2.75) is 38.8 Å². The molecule has 0 radical (unpaired) electrons. The third kappa shape index (κ3) is 3.36. The van der Waals surface area contributed by atoms with Gasteiger partial charge in [-0.1, -0.05) is 26.8 Å². The van der Waals surface area contributed by atoms with Gasteiger partial charge in [0.05, 0.1) is 18.9 Å². The third-order valence-electron chi connectivity index (χ3n) is 3.92. The monoisotopic (exact) mass is 301 g/mol. The molecule has 1 unspecified atom stereocenters. The number of pyridine rings is 1. The maximum absolute atomic E-state index is 5.75. The Morgan fingerprint density at radius 1 is 1.36 bits per heavy atom. The van der Waals surface area contributed by atoms with Crippen molar-refractivity contribution in [3.8, 4) is 0 Å². The van der Waals surface area contributed by atoms with E-state index in [1.807, 2.05) is 12.3 Å². The van der Waals surface area contributed by atoms with Gasteiger partial charge in [-0.25, -0.2) is 4.98 Å². The van der Waals surface area contributed by atoms with Gasteiger partial charge in [0.25, 0.3) is 0 Å². The van der Waals surface area contributed by atoms with Crippen molar-refractivity contribution < 1.29 is 9.15 Å². The lowest BCUT2D eigenvalue weighted by molar-refractivity contribution is -0.0223. The normalized spacial score (nSPS) is 20.2. The molecule has 2 aromatic rings. The number of aromatic nitrogens is 2. The van der Waals surface area contributed by atoms with Gasteiger partial charge in [-0.2, -0.15) is 0 Å². The van der Waals surface area contributed by atoms with Crippen LogP contribution in [-0.4, -0.2) is 34.6 Å². The lowest BCUT2D eigenvalue weighted by Gasteiger charge is -2.33. The summed E-state index contributed by atoms with van der Waals surface area (Å²) in [5, 5.41) is 0. The van der Waals surface area contributed by atoms with Crippen LogP contribution in [0.2, 0.25) is 0 Å². The van der Waals surface area contributed by atoms with E-state index in [2.05, 4.69) is 36.7 Å². The Morgan fingerprint density at radius 3 is 2.91 bits per heavy atom. The van der Waals surface area contributed by atoms with E-state index in [1.54, 1.807) is 12.5 Å². The van der Waals surface area contributed by atoms with Crippen LogP contribution in [0.1, 0.15) is 44.0 Å². The number of hydrogen-bond donors (Lipinski definition) is 0. The zero-order valence-electron chi connectivity index (χ0n) is 13.5. The van der Waals surface area contributed by atoms with E-state index < -0.39 is 0 Å². The molecule has 1 fully saturated rings. The molecule has 0 amide bonds. The molecule has 1 aliphatic rings. The van der Waals surface area contributed by atoms with Crippen LogP contribution >= 0.6 is 0 Å². The fourth-order valence-electron chi connectivity index (χ4n) is 2.57. The van der Waals surface area contributed by atoms with E-state index in [4.69, 9.17) is 14.1 Å². The van der Waals surface area contributed by atoms with E-state index in [9.17, 15) is 0 Å². The van der Waals surface area contributed by atoms with Crippen molar-refractivity contribution in [3.63, 3.8) is 0 Å². The highest BCUT2D eigenvalue weighted by Gasteiger charge is 2.30. The first-order valence-corrected chi connectivity index (χ1v) is 7.70. The van der Waals surface area contributed by atoms with Crippen LogP contribution in [0.3, 0.4) is 0 Å². The molecule has 1 aliphatic heterocycles. The van der Waals surface area contributed by atoms with Gasteiger partial charge >= 0.3 is 0 Å². The zero-order valence-corrected chi connectivity index (χ0v) is 13.5. The second-order valence-electron chi connectivity index (χ2n) is 6.74. The number of morpholine rings is 1. The molecule has 0 spiro atoms. The number of oxazole rings is 1. The summed E-state index contributed by atoms with van der Waals surface area (Å²) in [6.45, 7) is 9.47. The predicted octanol–water partition coefficient (Wildman–Crippen LogP) is 2.94. The molecule has 3 heterocycles. The van der Waals surface area contributed by atoms with E-state index in [1.165, 1.54) is 5.56 Å². The second kappa shape index (κ2) is 6.18. The first-order valence-electron chi connectivity index (χ1n) is 7.70. The maximum Gasteiger partial charge on any atom is 0.214 e. The van der Waals surface area contributed by atoms with Crippen LogP contribution in [0, 0.1) is 0 Å². The van der Waals surface area contributed by atoms with Crippen molar-refractivity contribution >= 4 is 0 Å². The molecule has 22 heavy (non-hydrogen) atoms. The SMILES string of the molecule is CC(C)(C)c1coc(C2COCCN2Cc2cccnc2)n1. The van der Waals surface area contributed by atoms with Crippen LogP contribution in [0.15, 0.2) is 35.2 Å². The van der Waals surface area contributed by atoms with Crippen LogP contribution < -0.4 is 0 Å². The molecule has 118 valence electrons. The summed E-state index contributed by atoms with van der Waals surface area (Å²) in [6.07, 6.45) is 5.47. The van der Waals surface area contributed by atoms with E-state index in [-0.39, 0.29) is 11.5 Å². The Hall–Kier alpha value is -1.72. The molecule has 1 atom stereocenters. The molecule has 5 heteroatoms. The lowest BCUT2D eigenvalue weighted by atomic mass is 9.93. The highest BCUT2D eigenvalue weighted by atomic mass is 16.5. The highest BCUT2D eigenvalue weighted by molar-refractivity contribution is 5.12. The Labute approximate surface area is 131 Å². The number of nitrogens with zero attached hydrogens (tertiary/aromatic N) is 3. The van der Waals surface area contributed by atoms with Crippen molar-refractivity contribution in [2.24, 2.45) is 0 Å². The molecule has 0 bridgehead atoms. The number of ether oxygens (including phenoxy) is 1. The summed E-state index contributed by atoms with van der Waals surface area (Å²) in [4.78, 5) is 11.2. The quantitative estimate of drug-likeness (QED) is 0.872. The van der Waals surface area contributed by atoms with Crippen LogP contribution in [-0.2, 0) is 16.7 Å². The van der Waals surface area contributed by atoms with Gasteiger partial charge in [0.1, 0.15) is 12.3 Å². The molecule has 0 aromatic carbocycles. The number of rotatable bonds is 3. The molecule has 0 aliphatic carbocycles. The Balaban J connectivity index is 1.79. The zero-order chi connectivity index (χ0) is 15.6. The summed E-state index contributed by atoms with van der Waals surface area (Å²) < 4.78 is 11.4. The summed E-state index contributed by atoms with van der Waals surface area (Å²) >= 11 is 0. The minimum Gasteiger partial charge on any atom is -0.447 e. The van der Waals surface area contributed by atoms with Crippen molar-refractivity contribution in [1.82, 2.24) is 14.9 Å². The average molecular weight is 301 g/mol. The fraction of sp³-hybridized carbons (Fsp3) is 0.529. The number of hydrogen-bond acceptors (Lipinski definition) is 5. The average Bonchev–Trinajstić information content (AvgIpc) is 2.99. The molecular formula is C17H23N3O2. The first kappa shape index (κ1) is 15.2. The van der Waals surface area contributed by atoms with Gasteiger partial charge in [-0.05, 0) is 11.6 Å². The molecule has 2 aromatic heterocycles. The van der Waals surface area contributed by atoms with E-state index >= 15 is 0 Å². The lowest BCUT2D eigenvalue weighted by Crippen LogP contribution is -2.39. The molecule has 1 saturated heterocycles. The van der Waals surface area contributed by atoms with Crippen LogP contribution in [0.5, 0.6) is 0 Å². The van der Waals surface area contributed by atoms with Crippen molar-refractivity contribution in [3.05, 3.63) is 47.9 Å². The van der Waals surface area contributed by atoms with Gasteiger partial charge in [0, 0.05) is 30.9 Å². The smallest absolute Gasteiger partial charge is 0.214 e. The topological polar surface area (TPSA) is 51.4 Å². The van der Waals surface area contributed by atoms with Crippen LogP contribution in [0.25, 0.3) is 0 Å². The summed E-state index contributed by atoms with van der Waals surface area (Å²) in [7, 11) is 0. The van der Waals surface area contributed by atoms with Crippen molar-refractivity contribution in [2.75, 3.05) is 19.8 Å². The molecule has 0 saturated carbocycles. The summed E-state index contributed by atoms with van der Waals surface area (Å²) in [6, 6.07) is 4.12. The highest BCUT2D eigenvalue weighted by Crippen LogP contribution is 2.28. The molecule has 5 nitrogen and oxygen atoms in total. The van der Waals surface area contributed by atoms with Gasteiger partial charge in [0.2, 0.25) is 5.89 Å². The van der Waals surface area contributed by atoms with E-state index in [0.717, 1.165) is 31.3 Å². The van der Waals surface area contributed by atoms with Gasteiger partial charge < -0.3 is 9.15 Å². The maximum atomic E-state index is 5.75. The summed E-state index contributed by atoms with van der Waals surface area (Å²) in [5.74, 6) is 0.744. The molecular weight excluding hydrogens is 278 g/mol. The van der Waals surface area contributed by atoms with Crippen molar-refractivity contribution in [1.29, 1.82) is 0 Å². The summed E-state index contributed by atoms with van der Waals surface area (Å²) in [5.41, 5.74) is 2.16. The Morgan fingerprint density at radius 2 is 2.23 bits per heavy atom. The predicted molar refractivity (Wildman–Crippen MR) is 83.4 cm³/mol. The van der Waals surface area contributed by atoms with Gasteiger partial charge in [-0.3, -0.25) is 9.88 Å². The van der Waals surface area contributed by atoms with Gasteiger partial charge in [-0.15, -0.1) is 0 Å². The third-order valence-corrected chi connectivity index (χ3v) is 3.92. The molecule has 0 N–H and O–H groups in total. The molecule has 3 rings (SSSR count). The minimum absolute atomic E-state index is 0.00848. The minimum atomic E-state index is -0.00848. The largest absolute Gasteiger partial charge is 0.447 e. The second-order valence-corrected chi connectivity index (χ2v) is 6.74. The Bertz CT molecular complexity index is 604. The fourth-order valence-corrected chi connectivity index (χ4v) is 2.57. The standard InChI is InChI=1S/C17H23N3O2/c1-17(2,3)15-12-22-16(19-15)14-11-21-8-7-20(14)10-13-5-4-6-18-9-13/h4-6,9,12,14H,7-8,10-11H2,1-3H3. The van der Waals surface area contributed by atoms with Crippen LogP contribution in [0.4, 0.5) is 0 Å². The van der Waals surface area contributed by atoms with E-state index in [0.29, 0.717) is 6.61 Å². The Kier molecular flexibility index (Phi) is 4.27. The first-order chi connectivity index (χ1) is 10.5. The van der Waals surface area contributed by atoms with Gasteiger partial charge in [0.15, 0.2) is 0 Å².